The third-order valence-corrected chi connectivity index (χ3v) is 9.12. The molecule has 13 nitrogen and oxygen atoms in total. The second-order valence-corrected chi connectivity index (χ2v) is 11.3. The zero-order chi connectivity index (χ0) is 32.5. The summed E-state index contributed by atoms with van der Waals surface area (Å²) in [5, 5.41) is 3.17. The van der Waals surface area contributed by atoms with Crippen molar-refractivity contribution < 1.29 is 38.0 Å². The van der Waals surface area contributed by atoms with E-state index in [1.54, 1.807) is 19.1 Å². The summed E-state index contributed by atoms with van der Waals surface area (Å²) < 4.78 is 35.1. The molecule has 3 aromatic rings. The lowest BCUT2D eigenvalue weighted by Crippen LogP contribution is -2.58. The zero-order valence-electron chi connectivity index (χ0n) is 25.5. The molecule has 2 aromatic carbocycles. The predicted molar refractivity (Wildman–Crippen MR) is 162 cm³/mol. The first-order valence-corrected chi connectivity index (χ1v) is 14.2. The summed E-state index contributed by atoms with van der Waals surface area (Å²) in [4.78, 5) is 58.0. The van der Waals surface area contributed by atoms with Crippen molar-refractivity contribution in [1.29, 1.82) is 0 Å². The van der Waals surface area contributed by atoms with E-state index >= 15 is 4.79 Å². The summed E-state index contributed by atoms with van der Waals surface area (Å²) in [6.45, 7) is 1.71. The highest BCUT2D eigenvalue weighted by atomic mass is 35.5. The van der Waals surface area contributed by atoms with Crippen LogP contribution in [0, 0.1) is 5.92 Å². The summed E-state index contributed by atoms with van der Waals surface area (Å²) in [5.74, 6) is -1.79. The largest absolute Gasteiger partial charge is 0.496 e. The molecule has 2 aliphatic heterocycles. The Morgan fingerprint density at radius 3 is 2.09 bits per heavy atom. The van der Waals surface area contributed by atoms with Gasteiger partial charge in [-0.15, -0.1) is 0 Å². The Morgan fingerprint density at radius 2 is 1.51 bits per heavy atom. The Morgan fingerprint density at radius 1 is 0.889 bits per heavy atom. The van der Waals surface area contributed by atoms with E-state index in [0.717, 1.165) is 0 Å². The molecule has 2 N–H and O–H groups in total. The van der Waals surface area contributed by atoms with E-state index in [-0.39, 0.29) is 62.7 Å². The zero-order valence-corrected chi connectivity index (χ0v) is 26.3. The van der Waals surface area contributed by atoms with E-state index in [9.17, 15) is 14.4 Å². The fourth-order valence-electron chi connectivity index (χ4n) is 6.57. The number of H-pyrrole nitrogens is 1. The fraction of sp³-hybridized carbons (Fsp3) is 0.355. The third-order valence-electron chi connectivity index (χ3n) is 8.76. The average molecular weight is 640 g/mol. The number of aromatic amines is 1. The topological polar surface area (TPSA) is 156 Å². The first-order chi connectivity index (χ1) is 21.5. The van der Waals surface area contributed by atoms with E-state index in [2.05, 4.69) is 10.3 Å². The van der Waals surface area contributed by atoms with Gasteiger partial charge in [0, 0.05) is 36.2 Å². The molecule has 1 spiro atoms. The second-order valence-electron chi connectivity index (χ2n) is 10.9. The standard InChI is InChI=1S/C31H30ClN3O10/c1-12-8-14-20(26(36)31(12)27(37)21-15(40-3)11-16(41-4)23(32)25(21)45-31)19(22-28(33-14)35(2)30(39)34-29(22)38)13-9-17(42-5)24(44-7)18(10-13)43-6/h9-12,19,33H,8H2,1-7H3,(H,34,38,39)/t12-,19?,31+/m1/s1. The van der Waals surface area contributed by atoms with Crippen LogP contribution in [-0.2, 0) is 11.8 Å². The monoisotopic (exact) mass is 639 g/mol. The van der Waals surface area contributed by atoms with Gasteiger partial charge in [0.05, 0.1) is 41.1 Å². The van der Waals surface area contributed by atoms with Crippen LogP contribution in [0.15, 0.2) is 39.1 Å². The Kier molecular flexibility index (Phi) is 7.11. The van der Waals surface area contributed by atoms with Gasteiger partial charge >= 0.3 is 5.69 Å². The minimum atomic E-state index is -2.05. The molecule has 0 saturated heterocycles. The molecule has 1 aromatic heterocycles. The number of nitrogens with one attached hydrogen (secondary N) is 2. The maximum atomic E-state index is 15.0. The molecular weight excluding hydrogens is 610 g/mol. The number of benzene rings is 2. The van der Waals surface area contributed by atoms with E-state index in [0.29, 0.717) is 17.0 Å². The van der Waals surface area contributed by atoms with E-state index in [4.69, 9.17) is 40.0 Å². The van der Waals surface area contributed by atoms with Gasteiger partial charge in [0.2, 0.25) is 22.9 Å². The van der Waals surface area contributed by atoms with Crippen LogP contribution in [0.25, 0.3) is 0 Å². The number of methoxy groups -OCH3 is 5. The first kappa shape index (κ1) is 30.1. The lowest BCUT2D eigenvalue weighted by atomic mass is 9.66. The maximum absolute atomic E-state index is 15.0. The number of carbonyl (C=O) groups is 2. The first-order valence-electron chi connectivity index (χ1n) is 13.8. The molecule has 0 bridgehead atoms. The normalized spacial score (nSPS) is 21.4. The van der Waals surface area contributed by atoms with Gasteiger partial charge in [0.25, 0.3) is 5.56 Å². The van der Waals surface area contributed by atoms with Gasteiger partial charge in [-0.2, -0.15) is 0 Å². The predicted octanol–water partition coefficient (Wildman–Crippen LogP) is 3.20. The van der Waals surface area contributed by atoms with Crippen LogP contribution >= 0.6 is 11.6 Å². The molecule has 3 atom stereocenters. The highest BCUT2D eigenvalue weighted by molar-refractivity contribution is 6.36. The van der Waals surface area contributed by atoms with Crippen LogP contribution < -0.4 is 45.0 Å². The van der Waals surface area contributed by atoms with Crippen LogP contribution in [0.1, 0.15) is 40.7 Å². The van der Waals surface area contributed by atoms with Crippen molar-refractivity contribution >= 4 is 29.0 Å². The smallest absolute Gasteiger partial charge is 0.329 e. The minimum absolute atomic E-state index is 0.0121. The fourth-order valence-corrected chi connectivity index (χ4v) is 6.83. The van der Waals surface area contributed by atoms with Gasteiger partial charge in [-0.1, -0.05) is 18.5 Å². The number of hydrogen-bond donors (Lipinski definition) is 2. The highest BCUT2D eigenvalue weighted by Crippen LogP contribution is 2.57. The number of nitrogens with zero attached hydrogens (tertiary/aromatic N) is 1. The Hall–Kier alpha value is -4.91. The molecule has 14 heteroatoms. The average Bonchev–Trinajstić information content (AvgIpc) is 3.35. The van der Waals surface area contributed by atoms with Crippen molar-refractivity contribution in [3.05, 3.63) is 72.0 Å². The summed E-state index contributed by atoms with van der Waals surface area (Å²) in [6.07, 6.45) is 0.138. The Labute approximate surface area is 261 Å². The van der Waals surface area contributed by atoms with E-state index < -0.39 is 40.3 Å². The minimum Gasteiger partial charge on any atom is -0.496 e. The third kappa shape index (κ3) is 3.99. The van der Waals surface area contributed by atoms with Gasteiger partial charge in [-0.05, 0) is 24.1 Å². The number of rotatable bonds is 6. The Balaban J connectivity index is 1.63. The molecule has 0 radical (unpaired) electrons. The van der Waals surface area contributed by atoms with Crippen molar-refractivity contribution in [2.75, 3.05) is 40.9 Å². The van der Waals surface area contributed by atoms with Crippen molar-refractivity contribution in [1.82, 2.24) is 9.55 Å². The molecule has 45 heavy (non-hydrogen) atoms. The quantitative estimate of drug-likeness (QED) is 0.382. The number of Topliss-reactive ketones (excluding diaryl/α,β-unsaturated/α-hetero) is 2. The summed E-state index contributed by atoms with van der Waals surface area (Å²) in [6, 6.07) is 4.69. The van der Waals surface area contributed by atoms with Crippen LogP contribution in [0.3, 0.4) is 0 Å². The molecule has 0 amide bonds. The molecule has 1 unspecified atom stereocenters. The number of aromatic nitrogens is 2. The molecule has 6 rings (SSSR count). The number of anilines is 1. The van der Waals surface area contributed by atoms with Crippen LogP contribution in [0.2, 0.25) is 5.02 Å². The molecular formula is C31H30ClN3O10. The number of allylic oxidation sites excluding steroid dienone is 1. The number of carbonyl (C=O) groups excluding carboxylic acids is 2. The number of ether oxygens (including phenoxy) is 6. The van der Waals surface area contributed by atoms with Crippen molar-refractivity contribution in [2.45, 2.75) is 24.9 Å². The van der Waals surface area contributed by atoms with E-state index in [1.807, 2.05) is 0 Å². The summed E-state index contributed by atoms with van der Waals surface area (Å²) in [5.41, 5.74) is -2.40. The van der Waals surface area contributed by atoms with E-state index in [1.165, 1.54) is 53.2 Å². The second kappa shape index (κ2) is 10.6. The Bertz CT molecular complexity index is 1940. The molecule has 0 fully saturated rings. The summed E-state index contributed by atoms with van der Waals surface area (Å²) >= 11 is 6.61. The number of fused-ring (bicyclic) bond motifs is 2. The van der Waals surface area contributed by atoms with Crippen molar-refractivity contribution in [2.24, 2.45) is 13.0 Å². The summed E-state index contributed by atoms with van der Waals surface area (Å²) in [7, 11) is 8.62. The van der Waals surface area contributed by atoms with Crippen LogP contribution in [0.4, 0.5) is 5.82 Å². The number of ketones is 2. The highest BCUT2D eigenvalue weighted by Gasteiger charge is 2.63. The van der Waals surface area contributed by atoms with Gasteiger partial charge in [-0.25, -0.2) is 4.79 Å². The van der Waals surface area contributed by atoms with Crippen molar-refractivity contribution in [3.63, 3.8) is 0 Å². The maximum Gasteiger partial charge on any atom is 0.329 e. The number of halogens is 1. The van der Waals surface area contributed by atoms with Crippen molar-refractivity contribution in [3.8, 4) is 34.5 Å². The number of hydrogen-bond acceptors (Lipinski definition) is 11. The van der Waals surface area contributed by atoms with Crippen LogP contribution in [-0.4, -0.2) is 62.3 Å². The molecule has 0 saturated carbocycles. The molecule has 3 aliphatic rings. The van der Waals surface area contributed by atoms with Gasteiger partial charge in [0.1, 0.15) is 27.9 Å². The SMILES string of the molecule is COc1cc(OC)c2c(c1Cl)O[C@@]1(C(=O)C3=C(C[C@H]1C)Nc1c(c(=O)[nH]c(=O)n1C)C3c1cc(OC)c(OC)c(OC)c1)C2=O. The van der Waals surface area contributed by atoms with Crippen LogP contribution in [0.5, 0.6) is 34.5 Å². The lowest BCUT2D eigenvalue weighted by Gasteiger charge is -2.42. The van der Waals surface area contributed by atoms with Gasteiger partial charge < -0.3 is 33.7 Å². The molecule has 236 valence electrons. The lowest BCUT2D eigenvalue weighted by molar-refractivity contribution is -0.130. The molecule has 3 heterocycles. The van der Waals surface area contributed by atoms with Gasteiger partial charge in [-0.3, -0.25) is 23.9 Å². The van der Waals surface area contributed by atoms with Gasteiger partial charge in [0.15, 0.2) is 17.2 Å². The molecule has 1 aliphatic carbocycles.